The van der Waals surface area contributed by atoms with Crippen molar-refractivity contribution in [3.05, 3.63) is 97.6 Å². The number of phenolic OH excluding ortho intramolecular Hbond substituents is 2. The number of hydrogen-bond donors (Lipinski definition) is 8. The summed E-state index contributed by atoms with van der Waals surface area (Å²) in [6.45, 7) is 14.5. The second-order valence-corrected chi connectivity index (χ2v) is 8.67. The lowest BCUT2D eigenvalue weighted by atomic mass is 9.78. The van der Waals surface area contributed by atoms with Gasteiger partial charge in [0.05, 0.1) is 19.8 Å². The largest absolute Gasteiger partial charge is 0.508 e. The summed E-state index contributed by atoms with van der Waals surface area (Å²) in [6.07, 6.45) is 3.09. The topological polar surface area (TPSA) is 213 Å². The Morgan fingerprint density at radius 3 is 0.976 bits per heavy atom. The molecule has 0 amide bonds. The van der Waals surface area contributed by atoms with Crippen LogP contribution in [0, 0.1) is 5.41 Å². The van der Waals surface area contributed by atoms with E-state index < -0.39 is 23.3 Å². The molecule has 0 spiro atoms. The molecule has 41 heavy (non-hydrogen) atoms. The summed E-state index contributed by atoms with van der Waals surface area (Å²) in [6, 6.07) is 14.4. The van der Waals surface area contributed by atoms with Crippen molar-refractivity contribution < 1.29 is 55.2 Å². The number of carboxylic acids is 3. The maximum Gasteiger partial charge on any atom is 0.327 e. The van der Waals surface area contributed by atoms with E-state index in [1.165, 1.54) is 0 Å². The first-order valence-corrected chi connectivity index (χ1v) is 12.0. The number of aliphatic hydroxyl groups is 3. The molecule has 228 valence electrons. The van der Waals surface area contributed by atoms with Gasteiger partial charge >= 0.3 is 17.9 Å². The van der Waals surface area contributed by atoms with Crippen molar-refractivity contribution in [2.75, 3.05) is 19.8 Å². The first kappa shape index (κ1) is 41.0. The van der Waals surface area contributed by atoms with Gasteiger partial charge in [0.2, 0.25) is 0 Å². The molecule has 11 nitrogen and oxygen atoms in total. The molecular weight excluding hydrogens is 536 g/mol. The Balaban J connectivity index is -0.000000507. The number of benzene rings is 2. The molecule has 0 atom stereocenters. The standard InChI is InChI=1S/C15H16O2.C6H14O3.3C3H4O2/c1-15(2,11-3-7-13(16)8-4-11)12-5-9-14(17)10-6-12;1-2-6(3-7,4-8)5-9;3*1-2-3(4)5/h3-10,16-17H,1-2H3;7-9H,2-5H2,1H3;3*2H,1H2,(H,4,5). The zero-order valence-electron chi connectivity index (χ0n) is 23.6. The van der Waals surface area contributed by atoms with E-state index >= 15 is 0 Å². The third kappa shape index (κ3) is 19.3. The van der Waals surface area contributed by atoms with Gasteiger partial charge in [-0.25, -0.2) is 14.4 Å². The number of aromatic hydroxyl groups is 2. The third-order valence-corrected chi connectivity index (χ3v) is 5.46. The van der Waals surface area contributed by atoms with E-state index in [1.54, 1.807) is 24.3 Å². The second kappa shape index (κ2) is 22.4. The number of carbonyl (C=O) groups is 3. The van der Waals surface area contributed by atoms with Crippen molar-refractivity contribution in [3.8, 4) is 11.5 Å². The average Bonchev–Trinajstić information content (AvgIpc) is 2.96. The molecular formula is C30H42O11. The SMILES string of the molecule is C=CC(=O)O.C=CC(=O)O.C=CC(=O)O.CC(C)(c1ccc(O)cc1)c1ccc(O)cc1.CCC(CO)(CO)CO. The first-order valence-electron chi connectivity index (χ1n) is 12.0. The van der Waals surface area contributed by atoms with Gasteiger partial charge in [-0.1, -0.05) is 64.8 Å². The molecule has 0 fully saturated rings. The van der Waals surface area contributed by atoms with Crippen LogP contribution in [0.5, 0.6) is 11.5 Å². The van der Waals surface area contributed by atoms with Crippen molar-refractivity contribution in [2.24, 2.45) is 5.41 Å². The van der Waals surface area contributed by atoms with Crippen LogP contribution in [0.3, 0.4) is 0 Å². The Bertz CT molecular complexity index is 945. The maximum atomic E-state index is 9.30. The van der Waals surface area contributed by atoms with Crippen molar-refractivity contribution in [2.45, 2.75) is 32.6 Å². The molecule has 2 rings (SSSR count). The second-order valence-electron chi connectivity index (χ2n) is 8.67. The van der Waals surface area contributed by atoms with Crippen LogP contribution in [-0.4, -0.2) is 78.6 Å². The summed E-state index contributed by atoms with van der Waals surface area (Å²) in [5.74, 6) is -2.40. The zero-order valence-corrected chi connectivity index (χ0v) is 23.6. The van der Waals surface area contributed by atoms with Crippen LogP contribution in [0.15, 0.2) is 86.5 Å². The normalized spacial score (nSPS) is 9.71. The van der Waals surface area contributed by atoms with Crippen molar-refractivity contribution in [1.82, 2.24) is 0 Å². The lowest BCUT2D eigenvalue weighted by Crippen LogP contribution is -2.32. The third-order valence-electron chi connectivity index (χ3n) is 5.46. The van der Waals surface area contributed by atoms with Crippen molar-refractivity contribution in [3.63, 3.8) is 0 Å². The quantitative estimate of drug-likeness (QED) is 0.201. The van der Waals surface area contributed by atoms with Crippen molar-refractivity contribution in [1.29, 1.82) is 0 Å². The highest BCUT2D eigenvalue weighted by molar-refractivity contribution is 5.79. The summed E-state index contributed by atoms with van der Waals surface area (Å²) in [5.41, 5.74) is 1.43. The minimum atomic E-state index is -0.981. The lowest BCUT2D eigenvalue weighted by molar-refractivity contribution is -0.132. The number of phenols is 2. The molecule has 0 aliphatic rings. The van der Waals surface area contributed by atoms with Crippen LogP contribution in [0.1, 0.15) is 38.3 Å². The van der Waals surface area contributed by atoms with Gasteiger partial charge < -0.3 is 40.9 Å². The first-order chi connectivity index (χ1) is 19.1. The number of hydrogen-bond acceptors (Lipinski definition) is 8. The summed E-state index contributed by atoms with van der Waals surface area (Å²) in [5, 5.41) is 67.4. The van der Waals surface area contributed by atoms with Gasteiger partial charge in [-0.15, -0.1) is 0 Å². The van der Waals surface area contributed by atoms with Gasteiger partial charge in [0.25, 0.3) is 0 Å². The van der Waals surface area contributed by atoms with Crippen LogP contribution in [0.2, 0.25) is 0 Å². The van der Waals surface area contributed by atoms with Gasteiger partial charge in [-0.2, -0.15) is 0 Å². The molecule has 0 aliphatic heterocycles. The average molecular weight is 579 g/mol. The van der Waals surface area contributed by atoms with E-state index in [0.717, 1.165) is 29.4 Å². The van der Waals surface area contributed by atoms with Gasteiger partial charge in [-0.3, -0.25) is 0 Å². The fourth-order valence-electron chi connectivity index (χ4n) is 2.41. The molecule has 11 heteroatoms. The van der Waals surface area contributed by atoms with E-state index in [4.69, 9.17) is 30.6 Å². The van der Waals surface area contributed by atoms with Crippen molar-refractivity contribution >= 4 is 17.9 Å². The molecule has 0 heterocycles. The van der Waals surface area contributed by atoms with Gasteiger partial charge in [-0.05, 0) is 41.8 Å². The lowest BCUT2D eigenvalue weighted by Gasteiger charge is -2.26. The predicted octanol–water partition coefficient (Wildman–Crippen LogP) is 3.55. The molecule has 0 bridgehead atoms. The molecule has 2 aromatic carbocycles. The monoisotopic (exact) mass is 578 g/mol. The Morgan fingerprint density at radius 2 is 0.854 bits per heavy atom. The zero-order chi connectivity index (χ0) is 32.6. The summed E-state index contributed by atoms with van der Waals surface area (Å²) in [4.78, 5) is 27.8. The molecule has 0 aliphatic carbocycles. The summed E-state index contributed by atoms with van der Waals surface area (Å²) in [7, 11) is 0. The van der Waals surface area contributed by atoms with Crippen LogP contribution in [0.4, 0.5) is 0 Å². The van der Waals surface area contributed by atoms with Gasteiger partial charge in [0, 0.05) is 29.1 Å². The van der Waals surface area contributed by atoms with E-state index in [0.29, 0.717) is 6.42 Å². The Morgan fingerprint density at radius 1 is 0.634 bits per heavy atom. The molecule has 0 saturated heterocycles. The van der Waals surface area contributed by atoms with E-state index in [1.807, 2.05) is 31.2 Å². The smallest absolute Gasteiger partial charge is 0.327 e. The molecule has 0 saturated carbocycles. The maximum absolute atomic E-state index is 9.30. The Kier molecular flexibility index (Phi) is 22.4. The summed E-state index contributed by atoms with van der Waals surface area (Å²) >= 11 is 0. The van der Waals surface area contributed by atoms with Gasteiger partial charge in [0.1, 0.15) is 11.5 Å². The van der Waals surface area contributed by atoms with E-state index in [-0.39, 0.29) is 36.7 Å². The van der Waals surface area contributed by atoms with E-state index in [2.05, 4.69) is 33.6 Å². The molecule has 0 aromatic heterocycles. The predicted molar refractivity (Wildman–Crippen MR) is 156 cm³/mol. The van der Waals surface area contributed by atoms with Crippen LogP contribution in [-0.2, 0) is 19.8 Å². The highest BCUT2D eigenvalue weighted by Gasteiger charge is 2.25. The fraction of sp³-hybridized carbons (Fsp3) is 0.300. The Hall–Kier alpha value is -4.45. The molecule has 0 unspecified atom stereocenters. The summed E-state index contributed by atoms with van der Waals surface area (Å²) < 4.78 is 0. The number of carboxylic acid groups (broad SMARTS) is 3. The highest BCUT2D eigenvalue weighted by Crippen LogP contribution is 2.32. The molecule has 8 N–H and O–H groups in total. The van der Waals surface area contributed by atoms with Crippen LogP contribution in [0.25, 0.3) is 0 Å². The minimum Gasteiger partial charge on any atom is -0.508 e. The number of rotatable bonds is 9. The Labute approximate surface area is 240 Å². The minimum absolute atomic E-state index is 0.151. The van der Waals surface area contributed by atoms with Crippen LogP contribution >= 0.6 is 0 Å². The fourth-order valence-corrected chi connectivity index (χ4v) is 2.41. The van der Waals surface area contributed by atoms with E-state index in [9.17, 15) is 24.6 Å². The number of aliphatic hydroxyl groups excluding tert-OH is 3. The molecule has 0 radical (unpaired) electrons. The molecule has 2 aromatic rings. The number of aliphatic carboxylic acids is 3. The van der Waals surface area contributed by atoms with Crippen LogP contribution < -0.4 is 0 Å². The van der Waals surface area contributed by atoms with Gasteiger partial charge in [0.15, 0.2) is 0 Å². The highest BCUT2D eigenvalue weighted by atomic mass is 16.4.